The summed E-state index contributed by atoms with van der Waals surface area (Å²) in [6, 6.07) is 7.81. The van der Waals surface area contributed by atoms with Gasteiger partial charge in [-0.15, -0.1) is 0 Å². The van der Waals surface area contributed by atoms with Crippen molar-refractivity contribution in [2.24, 2.45) is 0 Å². The number of carbonyl (C=O) groups is 2. The number of carboxylic acids is 1. The third-order valence-electron chi connectivity index (χ3n) is 4.56. The molecule has 27 heavy (non-hydrogen) atoms. The zero-order valence-corrected chi connectivity index (χ0v) is 16.6. The number of amides is 1. The molecule has 1 fully saturated rings. The fraction of sp³-hybridized carbons (Fsp3) is 0.600. The van der Waals surface area contributed by atoms with E-state index in [2.05, 4.69) is 13.8 Å². The number of rotatable bonds is 8. The minimum absolute atomic E-state index is 0.0560. The molecule has 7 nitrogen and oxygen atoms in total. The molecule has 2 rings (SSSR count). The van der Waals surface area contributed by atoms with Crippen LogP contribution in [0.4, 0.5) is 0 Å². The van der Waals surface area contributed by atoms with Gasteiger partial charge in [0.2, 0.25) is 0 Å². The van der Waals surface area contributed by atoms with E-state index in [1.807, 2.05) is 24.3 Å². The highest BCUT2D eigenvalue weighted by Gasteiger charge is 2.29. The van der Waals surface area contributed by atoms with Crippen LogP contribution in [0.25, 0.3) is 0 Å². The second kappa shape index (κ2) is 9.71. The number of hydrogen-bond acceptors (Lipinski definition) is 5. The number of hydrogen-bond donors (Lipinski definition) is 1. The first kappa shape index (κ1) is 21.2. The van der Waals surface area contributed by atoms with Crippen molar-refractivity contribution in [1.82, 2.24) is 9.80 Å². The quantitative estimate of drug-likeness (QED) is 0.743. The van der Waals surface area contributed by atoms with E-state index < -0.39 is 12.1 Å². The Morgan fingerprint density at radius 1 is 1.37 bits per heavy atom. The van der Waals surface area contributed by atoms with Crippen LogP contribution < -0.4 is 4.74 Å². The Morgan fingerprint density at radius 2 is 2.11 bits per heavy atom. The molecule has 1 heterocycles. The van der Waals surface area contributed by atoms with E-state index in [0.29, 0.717) is 37.9 Å². The van der Waals surface area contributed by atoms with E-state index >= 15 is 0 Å². The highest BCUT2D eigenvalue weighted by atomic mass is 16.5. The largest absolute Gasteiger partial charge is 0.481 e. The van der Waals surface area contributed by atoms with Gasteiger partial charge in [-0.2, -0.15) is 0 Å². The first-order chi connectivity index (χ1) is 12.8. The molecule has 1 aromatic rings. The standard InChI is InChI=1S/C20H30N2O5/c1-14(2)16-6-5-7-17(10-16)27-15(3)20(25)22-8-9-26-18(12-22)11-21(4)13-19(23)24/h5-7,10,14-15,18H,8-9,11-13H2,1-4H3,(H,23,24)/t15-,18+/m0/s1. The Morgan fingerprint density at radius 3 is 2.78 bits per heavy atom. The molecule has 0 spiro atoms. The zero-order valence-electron chi connectivity index (χ0n) is 16.6. The average molecular weight is 378 g/mol. The maximum Gasteiger partial charge on any atom is 0.317 e. The van der Waals surface area contributed by atoms with Crippen molar-refractivity contribution >= 4 is 11.9 Å². The zero-order chi connectivity index (χ0) is 20.0. The molecule has 1 aliphatic rings. The fourth-order valence-corrected chi connectivity index (χ4v) is 3.13. The Bertz CT molecular complexity index is 649. The highest BCUT2D eigenvalue weighted by molar-refractivity contribution is 5.81. The molecule has 0 bridgehead atoms. The van der Waals surface area contributed by atoms with E-state index in [1.54, 1.807) is 23.8 Å². The Hall–Kier alpha value is -2.12. The Kier molecular flexibility index (Phi) is 7.62. The van der Waals surface area contributed by atoms with Gasteiger partial charge in [0.05, 0.1) is 19.3 Å². The van der Waals surface area contributed by atoms with Gasteiger partial charge in [-0.3, -0.25) is 14.5 Å². The highest BCUT2D eigenvalue weighted by Crippen LogP contribution is 2.21. The minimum Gasteiger partial charge on any atom is -0.481 e. The SMILES string of the molecule is CC(C)c1cccc(O[C@@H](C)C(=O)N2CCO[C@H](CN(C)CC(=O)O)C2)c1. The van der Waals surface area contributed by atoms with Crippen LogP contribution in [0.5, 0.6) is 5.75 Å². The van der Waals surface area contributed by atoms with Crippen molar-refractivity contribution in [1.29, 1.82) is 0 Å². The fourth-order valence-electron chi connectivity index (χ4n) is 3.13. The van der Waals surface area contributed by atoms with Gasteiger partial charge in [0.15, 0.2) is 6.10 Å². The first-order valence-electron chi connectivity index (χ1n) is 9.33. The third-order valence-corrected chi connectivity index (χ3v) is 4.56. The molecule has 1 N–H and O–H groups in total. The minimum atomic E-state index is -0.883. The topological polar surface area (TPSA) is 79.3 Å². The van der Waals surface area contributed by atoms with Crippen molar-refractivity contribution in [3.8, 4) is 5.75 Å². The van der Waals surface area contributed by atoms with Crippen LogP contribution in [0.3, 0.4) is 0 Å². The summed E-state index contributed by atoms with van der Waals surface area (Å²) in [6.45, 7) is 7.77. The van der Waals surface area contributed by atoms with E-state index in [4.69, 9.17) is 14.6 Å². The van der Waals surface area contributed by atoms with Gasteiger partial charge in [0, 0.05) is 19.6 Å². The lowest BCUT2D eigenvalue weighted by Crippen LogP contribution is -2.52. The molecule has 0 saturated carbocycles. The van der Waals surface area contributed by atoms with Crippen LogP contribution in [0.2, 0.25) is 0 Å². The second-order valence-corrected chi connectivity index (χ2v) is 7.35. The van der Waals surface area contributed by atoms with Crippen molar-refractivity contribution < 1.29 is 24.2 Å². The smallest absolute Gasteiger partial charge is 0.317 e. The number of nitrogens with zero attached hydrogens (tertiary/aromatic N) is 2. The van der Waals surface area contributed by atoms with Crippen molar-refractivity contribution in [3.63, 3.8) is 0 Å². The summed E-state index contributed by atoms with van der Waals surface area (Å²) in [4.78, 5) is 27.0. The van der Waals surface area contributed by atoms with Crippen molar-refractivity contribution in [3.05, 3.63) is 29.8 Å². The summed E-state index contributed by atoms with van der Waals surface area (Å²) in [6.07, 6.45) is -0.800. The molecule has 1 aliphatic heterocycles. The maximum atomic E-state index is 12.8. The number of morpholine rings is 1. The van der Waals surface area contributed by atoms with Crippen molar-refractivity contribution in [2.75, 3.05) is 39.8 Å². The van der Waals surface area contributed by atoms with Crippen LogP contribution in [-0.4, -0.2) is 78.8 Å². The van der Waals surface area contributed by atoms with Gasteiger partial charge < -0.3 is 19.5 Å². The van der Waals surface area contributed by atoms with Gasteiger partial charge in [0.1, 0.15) is 5.75 Å². The number of aliphatic carboxylic acids is 1. The van der Waals surface area contributed by atoms with E-state index in [-0.39, 0.29) is 18.6 Å². The van der Waals surface area contributed by atoms with Gasteiger partial charge in [0.25, 0.3) is 5.91 Å². The van der Waals surface area contributed by atoms with Crippen LogP contribution in [0, 0.1) is 0 Å². The number of benzene rings is 1. The molecule has 1 amide bonds. The molecule has 1 aromatic carbocycles. The van der Waals surface area contributed by atoms with E-state index in [0.717, 1.165) is 0 Å². The van der Waals surface area contributed by atoms with Crippen LogP contribution >= 0.6 is 0 Å². The predicted molar refractivity (Wildman–Crippen MR) is 102 cm³/mol. The van der Waals surface area contributed by atoms with Crippen LogP contribution in [-0.2, 0) is 14.3 Å². The van der Waals surface area contributed by atoms with Crippen molar-refractivity contribution in [2.45, 2.75) is 38.9 Å². The number of carboxylic acid groups (broad SMARTS) is 1. The molecule has 2 atom stereocenters. The molecule has 7 heteroatoms. The van der Waals surface area contributed by atoms with Gasteiger partial charge in [-0.25, -0.2) is 0 Å². The molecule has 0 unspecified atom stereocenters. The van der Waals surface area contributed by atoms with E-state index in [1.165, 1.54) is 5.56 Å². The molecule has 0 aliphatic carbocycles. The first-order valence-corrected chi connectivity index (χ1v) is 9.33. The number of carbonyl (C=O) groups excluding carboxylic acids is 1. The molecular weight excluding hydrogens is 348 g/mol. The molecule has 150 valence electrons. The normalized spacial score (nSPS) is 18.6. The summed E-state index contributed by atoms with van der Waals surface area (Å²) in [7, 11) is 1.73. The van der Waals surface area contributed by atoms with Gasteiger partial charge in [-0.1, -0.05) is 26.0 Å². The lowest BCUT2D eigenvalue weighted by Gasteiger charge is -2.35. The van der Waals surface area contributed by atoms with Crippen LogP contribution in [0.1, 0.15) is 32.3 Å². The summed E-state index contributed by atoms with van der Waals surface area (Å²) in [5, 5.41) is 8.86. The molecular formula is C20H30N2O5. The van der Waals surface area contributed by atoms with Crippen LogP contribution in [0.15, 0.2) is 24.3 Å². The third kappa shape index (κ3) is 6.52. The maximum absolute atomic E-state index is 12.8. The number of likely N-dealkylation sites (N-methyl/N-ethyl adjacent to an activating group) is 1. The summed E-state index contributed by atoms with van der Waals surface area (Å²) in [5.41, 5.74) is 1.17. The second-order valence-electron chi connectivity index (χ2n) is 7.35. The Balaban J connectivity index is 1.91. The lowest BCUT2D eigenvalue weighted by molar-refractivity contribution is -0.147. The number of ether oxygens (including phenoxy) is 2. The monoisotopic (exact) mass is 378 g/mol. The van der Waals surface area contributed by atoms with Gasteiger partial charge in [-0.05, 0) is 37.6 Å². The summed E-state index contributed by atoms with van der Waals surface area (Å²) < 4.78 is 11.6. The molecule has 0 aromatic heterocycles. The average Bonchev–Trinajstić information content (AvgIpc) is 2.60. The summed E-state index contributed by atoms with van der Waals surface area (Å²) >= 11 is 0. The predicted octanol–water partition coefficient (Wildman–Crippen LogP) is 1.82. The summed E-state index contributed by atoms with van der Waals surface area (Å²) in [5.74, 6) is 0.112. The Labute approximate surface area is 160 Å². The van der Waals surface area contributed by atoms with Gasteiger partial charge >= 0.3 is 5.97 Å². The molecule has 1 saturated heterocycles. The molecule has 0 radical (unpaired) electrons. The van der Waals surface area contributed by atoms with E-state index in [9.17, 15) is 9.59 Å². The lowest BCUT2D eigenvalue weighted by atomic mass is 10.0.